The van der Waals surface area contributed by atoms with Gasteiger partial charge in [0.05, 0.1) is 12.5 Å². The van der Waals surface area contributed by atoms with Gasteiger partial charge in [-0.3, -0.25) is 19.9 Å². The summed E-state index contributed by atoms with van der Waals surface area (Å²) in [4.78, 5) is 27.2. The van der Waals surface area contributed by atoms with Gasteiger partial charge < -0.3 is 17.2 Å². The predicted molar refractivity (Wildman–Crippen MR) is 81.2 cm³/mol. The summed E-state index contributed by atoms with van der Waals surface area (Å²) in [6, 6.07) is 8.41. The highest BCUT2D eigenvalue weighted by molar-refractivity contribution is 5.98. The monoisotopic (exact) mass is 291 g/mol. The van der Waals surface area contributed by atoms with Gasteiger partial charge in [0.2, 0.25) is 11.8 Å². The molecule has 0 aliphatic carbocycles. The maximum absolute atomic E-state index is 11.7. The minimum atomic E-state index is -0.751. The van der Waals surface area contributed by atoms with Crippen LogP contribution < -0.4 is 22.5 Å². The second kappa shape index (κ2) is 8.70. The molecule has 7 N–H and O–H groups in total. The Balaban J connectivity index is 2.31. The van der Waals surface area contributed by atoms with Crippen LogP contribution in [0.15, 0.2) is 35.3 Å². The van der Waals surface area contributed by atoms with Gasteiger partial charge in [-0.05, 0) is 18.4 Å². The van der Waals surface area contributed by atoms with E-state index in [2.05, 4.69) is 10.3 Å². The predicted octanol–water partition coefficient (Wildman–Crippen LogP) is -0.747. The second-order valence-corrected chi connectivity index (χ2v) is 4.63. The summed E-state index contributed by atoms with van der Waals surface area (Å²) < 4.78 is 0. The van der Waals surface area contributed by atoms with Crippen LogP contribution in [0.4, 0.5) is 0 Å². The molecule has 0 spiro atoms. The average molecular weight is 291 g/mol. The number of hydrogen-bond acceptors (Lipinski definition) is 4. The first-order valence-electron chi connectivity index (χ1n) is 6.67. The van der Waals surface area contributed by atoms with Gasteiger partial charge in [0, 0.05) is 6.54 Å². The van der Waals surface area contributed by atoms with Crippen molar-refractivity contribution in [2.75, 3.05) is 6.54 Å². The zero-order valence-electron chi connectivity index (χ0n) is 11.8. The molecule has 114 valence electrons. The first kappa shape index (κ1) is 16.6. The molecule has 7 heteroatoms. The van der Waals surface area contributed by atoms with Crippen LogP contribution in [-0.2, 0) is 16.0 Å². The molecule has 0 bridgehead atoms. The van der Waals surface area contributed by atoms with E-state index in [0.29, 0.717) is 19.4 Å². The van der Waals surface area contributed by atoms with Crippen molar-refractivity contribution in [1.29, 1.82) is 0 Å². The molecule has 0 saturated carbocycles. The van der Waals surface area contributed by atoms with Crippen molar-refractivity contribution in [2.24, 2.45) is 22.2 Å². The Kier molecular flexibility index (Phi) is 6.90. The van der Waals surface area contributed by atoms with Crippen molar-refractivity contribution in [3.8, 4) is 0 Å². The molecule has 0 unspecified atom stereocenters. The molecule has 1 aromatic rings. The fourth-order valence-electron chi connectivity index (χ4n) is 1.71. The molecule has 1 aromatic carbocycles. The van der Waals surface area contributed by atoms with E-state index in [-0.39, 0.29) is 18.3 Å². The zero-order chi connectivity index (χ0) is 15.7. The number of nitrogens with one attached hydrogen (secondary N) is 1. The van der Waals surface area contributed by atoms with Gasteiger partial charge in [-0.2, -0.15) is 0 Å². The molecular weight excluding hydrogens is 270 g/mol. The summed E-state index contributed by atoms with van der Waals surface area (Å²) in [6.07, 6.45) is 1.12. The second-order valence-electron chi connectivity index (χ2n) is 4.63. The lowest BCUT2D eigenvalue weighted by Gasteiger charge is -2.10. The van der Waals surface area contributed by atoms with Crippen molar-refractivity contribution < 1.29 is 9.59 Å². The van der Waals surface area contributed by atoms with Crippen LogP contribution in [0.25, 0.3) is 0 Å². The van der Waals surface area contributed by atoms with Crippen LogP contribution in [0.5, 0.6) is 0 Å². The van der Waals surface area contributed by atoms with Crippen LogP contribution in [0.2, 0.25) is 0 Å². The fourth-order valence-corrected chi connectivity index (χ4v) is 1.71. The van der Waals surface area contributed by atoms with Crippen LogP contribution in [0.1, 0.15) is 18.4 Å². The van der Waals surface area contributed by atoms with Gasteiger partial charge in [-0.25, -0.2) is 0 Å². The summed E-state index contributed by atoms with van der Waals surface area (Å²) >= 11 is 0. The Labute approximate surface area is 123 Å². The largest absolute Gasteiger partial charge is 0.370 e. The first-order chi connectivity index (χ1) is 9.99. The zero-order valence-corrected chi connectivity index (χ0v) is 11.8. The first-order valence-corrected chi connectivity index (χ1v) is 6.67. The summed E-state index contributed by atoms with van der Waals surface area (Å²) in [5.74, 6) is -0.849. The number of guanidine groups is 1. The lowest BCUT2D eigenvalue weighted by Crippen LogP contribution is -2.44. The Morgan fingerprint density at radius 1 is 1.19 bits per heavy atom. The van der Waals surface area contributed by atoms with Gasteiger partial charge >= 0.3 is 0 Å². The van der Waals surface area contributed by atoms with E-state index >= 15 is 0 Å². The lowest BCUT2D eigenvalue weighted by molar-refractivity contribution is -0.130. The summed E-state index contributed by atoms with van der Waals surface area (Å²) in [5.41, 5.74) is 16.9. The molecule has 1 atom stereocenters. The minimum Gasteiger partial charge on any atom is -0.370 e. The number of imide groups is 1. The number of nitrogens with two attached hydrogens (primary N) is 3. The van der Waals surface area contributed by atoms with E-state index in [4.69, 9.17) is 17.2 Å². The van der Waals surface area contributed by atoms with E-state index < -0.39 is 11.9 Å². The highest BCUT2D eigenvalue weighted by Crippen LogP contribution is 2.00. The topological polar surface area (TPSA) is 137 Å². The molecule has 0 saturated heterocycles. The molecule has 0 aliphatic heterocycles. The summed E-state index contributed by atoms with van der Waals surface area (Å²) in [5, 5.41) is 2.29. The highest BCUT2D eigenvalue weighted by atomic mass is 16.2. The van der Waals surface area contributed by atoms with Crippen molar-refractivity contribution in [3.63, 3.8) is 0 Å². The third-order valence-corrected chi connectivity index (χ3v) is 2.77. The number of aliphatic imine (C=N–C) groups is 1. The molecule has 7 nitrogen and oxygen atoms in total. The maximum Gasteiger partial charge on any atom is 0.243 e. The van der Waals surface area contributed by atoms with Crippen LogP contribution >= 0.6 is 0 Å². The normalized spacial score (nSPS) is 11.5. The quantitative estimate of drug-likeness (QED) is 0.298. The van der Waals surface area contributed by atoms with Crippen molar-refractivity contribution >= 4 is 17.8 Å². The lowest BCUT2D eigenvalue weighted by atomic mass is 10.1. The summed E-state index contributed by atoms with van der Waals surface area (Å²) in [7, 11) is 0. The summed E-state index contributed by atoms with van der Waals surface area (Å²) in [6.45, 7) is 0.404. The van der Waals surface area contributed by atoms with Crippen LogP contribution in [0.3, 0.4) is 0 Å². The molecule has 0 fully saturated rings. The standard InChI is InChI=1S/C14H21N5O2/c15-11(7-4-8-18-14(16)17)13(21)19-12(20)9-10-5-2-1-3-6-10/h1-3,5-6,11H,4,7-9,15H2,(H4,16,17,18)(H,19,20,21)/t11-/m0/s1. The smallest absolute Gasteiger partial charge is 0.243 e. The molecular formula is C14H21N5O2. The number of amides is 2. The highest BCUT2D eigenvalue weighted by Gasteiger charge is 2.15. The SMILES string of the molecule is NC(N)=NCCC[C@H](N)C(=O)NC(=O)Cc1ccccc1. The Morgan fingerprint density at radius 3 is 2.48 bits per heavy atom. The Morgan fingerprint density at radius 2 is 1.86 bits per heavy atom. The number of hydrogen-bond donors (Lipinski definition) is 4. The fraction of sp³-hybridized carbons (Fsp3) is 0.357. The van der Waals surface area contributed by atoms with E-state index in [0.717, 1.165) is 5.56 Å². The molecule has 0 aliphatic rings. The molecule has 0 radical (unpaired) electrons. The number of benzene rings is 1. The molecule has 0 heterocycles. The van der Waals surface area contributed by atoms with E-state index in [1.807, 2.05) is 30.3 Å². The number of carbonyl (C=O) groups is 2. The van der Waals surface area contributed by atoms with E-state index in [1.54, 1.807) is 0 Å². The number of carbonyl (C=O) groups excluding carboxylic acids is 2. The van der Waals surface area contributed by atoms with Crippen molar-refractivity contribution in [1.82, 2.24) is 5.32 Å². The van der Waals surface area contributed by atoms with Gasteiger partial charge in [0.25, 0.3) is 0 Å². The van der Waals surface area contributed by atoms with Crippen LogP contribution in [-0.4, -0.2) is 30.4 Å². The van der Waals surface area contributed by atoms with E-state index in [1.165, 1.54) is 0 Å². The van der Waals surface area contributed by atoms with Crippen molar-refractivity contribution in [2.45, 2.75) is 25.3 Å². The number of nitrogens with zero attached hydrogens (tertiary/aromatic N) is 1. The number of rotatable bonds is 7. The molecule has 21 heavy (non-hydrogen) atoms. The maximum atomic E-state index is 11.7. The average Bonchev–Trinajstić information content (AvgIpc) is 2.44. The van der Waals surface area contributed by atoms with E-state index in [9.17, 15) is 9.59 Å². The third-order valence-electron chi connectivity index (χ3n) is 2.77. The Hall–Kier alpha value is -2.41. The van der Waals surface area contributed by atoms with Crippen LogP contribution in [0, 0.1) is 0 Å². The molecule has 0 aromatic heterocycles. The molecule has 1 rings (SSSR count). The third kappa shape index (κ3) is 7.07. The molecule has 2 amide bonds. The van der Waals surface area contributed by atoms with Gasteiger partial charge in [0.1, 0.15) is 0 Å². The minimum absolute atomic E-state index is 0.00561. The van der Waals surface area contributed by atoms with Gasteiger partial charge in [-0.15, -0.1) is 0 Å². The van der Waals surface area contributed by atoms with Gasteiger partial charge in [-0.1, -0.05) is 30.3 Å². The van der Waals surface area contributed by atoms with Crippen molar-refractivity contribution in [3.05, 3.63) is 35.9 Å². The Bertz CT molecular complexity index is 497. The van der Waals surface area contributed by atoms with Gasteiger partial charge in [0.15, 0.2) is 5.96 Å².